The van der Waals surface area contributed by atoms with Crippen LogP contribution in [0.25, 0.3) is 0 Å². The number of anilines is 1. The quantitative estimate of drug-likeness (QED) is 0.756. The van der Waals surface area contributed by atoms with Gasteiger partial charge in [-0.15, -0.1) is 0 Å². The van der Waals surface area contributed by atoms with E-state index in [1.807, 2.05) is 4.90 Å². The maximum atomic E-state index is 12.2. The standard InChI is InChI=1S/C18H19ClN2O4S2/c1-11-6-7-21(10-11)15-8-12(18(22)23)9-16(27(20,24)25)17(15)26-14-4-2-13(19)3-5-14/h2-5,8-9,11H,6-7,10H2,1H3,(H,22,23)(H2,20,24,25). The number of primary sulfonamides is 1. The Morgan fingerprint density at radius 3 is 2.48 bits per heavy atom. The van der Waals surface area contributed by atoms with Crippen LogP contribution in [0.1, 0.15) is 23.7 Å². The maximum Gasteiger partial charge on any atom is 0.335 e. The third-order valence-electron chi connectivity index (χ3n) is 4.39. The number of carbonyl (C=O) groups is 1. The number of nitrogens with zero attached hydrogens (tertiary/aromatic N) is 1. The van der Waals surface area contributed by atoms with Crippen molar-refractivity contribution in [2.24, 2.45) is 11.1 Å². The monoisotopic (exact) mass is 426 g/mol. The highest BCUT2D eigenvalue weighted by molar-refractivity contribution is 8.00. The Kier molecular flexibility index (Phi) is 5.71. The first-order valence-electron chi connectivity index (χ1n) is 8.27. The number of hydrogen-bond acceptors (Lipinski definition) is 5. The van der Waals surface area contributed by atoms with Crippen molar-refractivity contribution in [1.29, 1.82) is 0 Å². The third kappa shape index (κ3) is 4.57. The topological polar surface area (TPSA) is 101 Å². The molecular formula is C18H19ClN2O4S2. The van der Waals surface area contributed by atoms with E-state index in [-0.39, 0.29) is 10.5 Å². The summed E-state index contributed by atoms with van der Waals surface area (Å²) in [6.45, 7) is 3.55. The van der Waals surface area contributed by atoms with Gasteiger partial charge in [-0.3, -0.25) is 0 Å². The number of benzene rings is 2. The van der Waals surface area contributed by atoms with Crippen molar-refractivity contribution >= 4 is 45.0 Å². The molecule has 1 saturated heterocycles. The van der Waals surface area contributed by atoms with E-state index in [0.29, 0.717) is 21.5 Å². The van der Waals surface area contributed by atoms with E-state index in [1.54, 1.807) is 24.3 Å². The number of carboxylic acids is 1. The molecule has 1 fully saturated rings. The maximum absolute atomic E-state index is 12.2. The highest BCUT2D eigenvalue weighted by atomic mass is 35.5. The van der Waals surface area contributed by atoms with Gasteiger partial charge in [-0.1, -0.05) is 30.3 Å². The Hall–Kier alpha value is -1.74. The molecule has 0 spiro atoms. The molecule has 0 saturated carbocycles. The number of sulfonamides is 1. The summed E-state index contributed by atoms with van der Waals surface area (Å²) in [5.74, 6) is -0.763. The third-order valence-corrected chi connectivity index (χ3v) is 6.84. The van der Waals surface area contributed by atoms with Gasteiger partial charge in [-0.05, 0) is 48.7 Å². The van der Waals surface area contributed by atoms with Gasteiger partial charge in [0.1, 0.15) is 0 Å². The zero-order valence-corrected chi connectivity index (χ0v) is 16.9. The largest absolute Gasteiger partial charge is 0.478 e. The second-order valence-corrected chi connectivity index (χ2v) is 9.62. The molecule has 144 valence electrons. The van der Waals surface area contributed by atoms with Crippen molar-refractivity contribution in [3.05, 3.63) is 47.0 Å². The average Bonchev–Trinajstić information content (AvgIpc) is 3.02. The number of hydrogen-bond donors (Lipinski definition) is 2. The van der Waals surface area contributed by atoms with Gasteiger partial charge in [-0.25, -0.2) is 18.4 Å². The molecular weight excluding hydrogens is 408 g/mol. The lowest BCUT2D eigenvalue weighted by atomic mass is 10.1. The first-order chi connectivity index (χ1) is 12.6. The molecule has 1 unspecified atom stereocenters. The minimum absolute atomic E-state index is 0.103. The summed E-state index contributed by atoms with van der Waals surface area (Å²) in [6.07, 6.45) is 0.951. The van der Waals surface area contributed by atoms with Gasteiger partial charge in [0.25, 0.3) is 0 Å². The van der Waals surface area contributed by atoms with Crippen LogP contribution in [-0.2, 0) is 10.0 Å². The molecule has 1 atom stereocenters. The zero-order chi connectivity index (χ0) is 19.8. The summed E-state index contributed by atoms with van der Waals surface area (Å²) in [7, 11) is -4.12. The minimum atomic E-state index is -4.12. The van der Waals surface area contributed by atoms with Crippen LogP contribution in [0.5, 0.6) is 0 Å². The summed E-state index contributed by atoms with van der Waals surface area (Å²) < 4.78 is 24.5. The Morgan fingerprint density at radius 1 is 1.30 bits per heavy atom. The van der Waals surface area contributed by atoms with Gasteiger partial charge in [0.2, 0.25) is 10.0 Å². The van der Waals surface area contributed by atoms with Crippen molar-refractivity contribution in [2.75, 3.05) is 18.0 Å². The van der Waals surface area contributed by atoms with E-state index in [1.165, 1.54) is 17.8 Å². The van der Waals surface area contributed by atoms with Crippen LogP contribution < -0.4 is 10.0 Å². The van der Waals surface area contributed by atoms with E-state index in [9.17, 15) is 18.3 Å². The van der Waals surface area contributed by atoms with Crippen LogP contribution in [0, 0.1) is 5.92 Å². The van der Waals surface area contributed by atoms with Crippen LogP contribution in [0.4, 0.5) is 5.69 Å². The van der Waals surface area contributed by atoms with Crippen molar-refractivity contribution < 1.29 is 18.3 Å². The van der Waals surface area contributed by atoms with E-state index in [0.717, 1.165) is 30.5 Å². The normalized spacial score (nSPS) is 17.3. The van der Waals surface area contributed by atoms with Gasteiger partial charge in [0.15, 0.2) is 0 Å². The van der Waals surface area contributed by atoms with Crippen LogP contribution in [0.15, 0.2) is 51.1 Å². The molecule has 2 aromatic rings. The second kappa shape index (κ2) is 7.71. The molecule has 1 aliphatic heterocycles. The Balaban J connectivity index is 2.19. The lowest BCUT2D eigenvalue weighted by Crippen LogP contribution is -2.22. The molecule has 3 N–H and O–H groups in total. The van der Waals surface area contributed by atoms with Gasteiger partial charge < -0.3 is 10.0 Å². The van der Waals surface area contributed by atoms with Crippen LogP contribution in [-0.4, -0.2) is 32.6 Å². The van der Waals surface area contributed by atoms with Gasteiger partial charge >= 0.3 is 5.97 Å². The van der Waals surface area contributed by atoms with E-state index < -0.39 is 16.0 Å². The lowest BCUT2D eigenvalue weighted by molar-refractivity contribution is 0.0696. The zero-order valence-electron chi connectivity index (χ0n) is 14.6. The fraction of sp³-hybridized carbons (Fsp3) is 0.278. The van der Waals surface area contributed by atoms with Crippen molar-refractivity contribution in [3.63, 3.8) is 0 Å². The number of carboxylic acid groups (broad SMARTS) is 1. The predicted octanol–water partition coefficient (Wildman–Crippen LogP) is 3.68. The van der Waals surface area contributed by atoms with Gasteiger partial charge in [-0.2, -0.15) is 0 Å². The van der Waals surface area contributed by atoms with Crippen molar-refractivity contribution in [2.45, 2.75) is 28.0 Å². The fourth-order valence-electron chi connectivity index (χ4n) is 3.03. The molecule has 0 aromatic heterocycles. The first kappa shape index (κ1) is 20.0. The molecule has 9 heteroatoms. The molecule has 6 nitrogen and oxygen atoms in total. The SMILES string of the molecule is CC1CCN(c2cc(C(=O)O)cc(S(N)(=O)=O)c2Sc2ccc(Cl)cc2)C1. The Labute approximate surface area is 167 Å². The predicted molar refractivity (Wildman–Crippen MR) is 106 cm³/mol. The van der Waals surface area contributed by atoms with Crippen LogP contribution in [0.2, 0.25) is 5.02 Å². The van der Waals surface area contributed by atoms with E-state index >= 15 is 0 Å². The second-order valence-electron chi connectivity index (χ2n) is 6.57. The summed E-state index contributed by atoms with van der Waals surface area (Å²) >= 11 is 7.16. The van der Waals surface area contributed by atoms with E-state index in [2.05, 4.69) is 6.92 Å². The highest BCUT2D eigenvalue weighted by Crippen LogP contribution is 2.42. The molecule has 1 heterocycles. The Morgan fingerprint density at radius 2 is 1.96 bits per heavy atom. The molecule has 2 aromatic carbocycles. The smallest absolute Gasteiger partial charge is 0.335 e. The number of aromatic carboxylic acids is 1. The van der Waals surface area contributed by atoms with E-state index in [4.69, 9.17) is 16.7 Å². The number of nitrogens with two attached hydrogens (primary N) is 1. The van der Waals surface area contributed by atoms with Crippen LogP contribution in [0.3, 0.4) is 0 Å². The fourth-order valence-corrected chi connectivity index (χ4v) is 5.25. The molecule has 0 bridgehead atoms. The summed E-state index contributed by atoms with van der Waals surface area (Å²) in [4.78, 5) is 14.6. The molecule has 3 rings (SSSR count). The molecule has 27 heavy (non-hydrogen) atoms. The highest BCUT2D eigenvalue weighted by Gasteiger charge is 2.28. The lowest BCUT2D eigenvalue weighted by Gasteiger charge is -2.24. The van der Waals surface area contributed by atoms with Crippen LogP contribution >= 0.6 is 23.4 Å². The summed E-state index contributed by atoms with van der Waals surface area (Å²) in [6, 6.07) is 9.63. The average molecular weight is 427 g/mol. The van der Waals surface area contributed by atoms with Gasteiger partial charge in [0, 0.05) is 23.0 Å². The molecule has 0 amide bonds. The number of rotatable bonds is 5. The summed E-state index contributed by atoms with van der Waals surface area (Å²) in [5, 5.41) is 15.4. The molecule has 0 radical (unpaired) electrons. The summed E-state index contributed by atoms with van der Waals surface area (Å²) in [5.41, 5.74) is 0.470. The first-order valence-corrected chi connectivity index (χ1v) is 11.0. The van der Waals surface area contributed by atoms with Crippen molar-refractivity contribution in [1.82, 2.24) is 0 Å². The van der Waals surface area contributed by atoms with Gasteiger partial charge in [0.05, 0.1) is 21.0 Å². The molecule has 1 aliphatic rings. The number of halogens is 1. The van der Waals surface area contributed by atoms with Crippen molar-refractivity contribution in [3.8, 4) is 0 Å². The Bertz CT molecular complexity index is 978. The molecule has 0 aliphatic carbocycles. The minimum Gasteiger partial charge on any atom is -0.478 e.